The van der Waals surface area contributed by atoms with E-state index in [4.69, 9.17) is 19.7 Å². The first-order chi connectivity index (χ1) is 11.1. The summed E-state index contributed by atoms with van der Waals surface area (Å²) in [6.45, 7) is 0.860. The third-order valence-electron chi connectivity index (χ3n) is 3.03. The van der Waals surface area contributed by atoms with Crippen LogP contribution in [0.15, 0.2) is 48.5 Å². The van der Waals surface area contributed by atoms with Gasteiger partial charge >= 0.3 is 11.9 Å². The Morgan fingerprint density at radius 3 is 1.35 bits per heavy atom. The van der Waals surface area contributed by atoms with Crippen molar-refractivity contribution in [2.24, 2.45) is 0 Å². The quantitative estimate of drug-likeness (QED) is 0.727. The number of ether oxygens (including phenoxy) is 2. The molecule has 2 aromatic rings. The van der Waals surface area contributed by atoms with Crippen LogP contribution in [-0.2, 0) is 0 Å². The molecule has 0 aliphatic rings. The maximum Gasteiger partial charge on any atom is 0.335 e. The molecule has 0 heterocycles. The normalized spacial score (nSPS) is 10.1. The van der Waals surface area contributed by atoms with Crippen molar-refractivity contribution in [1.29, 1.82) is 0 Å². The molecule has 0 saturated carbocycles. The van der Waals surface area contributed by atoms with Crippen LogP contribution in [-0.4, -0.2) is 35.4 Å². The molecule has 6 heteroatoms. The molecule has 0 bridgehead atoms. The largest absolute Gasteiger partial charge is 0.493 e. The van der Waals surface area contributed by atoms with E-state index < -0.39 is 11.9 Å². The third kappa shape index (κ3) is 5.03. The number of rotatable bonds is 8. The first-order valence-electron chi connectivity index (χ1n) is 6.98. The van der Waals surface area contributed by atoms with Crippen molar-refractivity contribution in [3.63, 3.8) is 0 Å². The van der Waals surface area contributed by atoms with E-state index in [9.17, 15) is 9.59 Å². The number of aromatic carboxylic acids is 2. The van der Waals surface area contributed by atoms with Crippen LogP contribution in [0.4, 0.5) is 0 Å². The molecule has 2 rings (SSSR count). The maximum absolute atomic E-state index is 10.7. The van der Waals surface area contributed by atoms with Gasteiger partial charge in [-0.15, -0.1) is 0 Å². The predicted octanol–water partition coefficient (Wildman–Crippen LogP) is 2.93. The molecular formula is C17H16O6. The van der Waals surface area contributed by atoms with Gasteiger partial charge in [-0.3, -0.25) is 0 Å². The summed E-state index contributed by atoms with van der Waals surface area (Å²) in [6.07, 6.45) is 0.640. The highest BCUT2D eigenvalue weighted by Crippen LogP contribution is 2.14. The van der Waals surface area contributed by atoms with Crippen molar-refractivity contribution < 1.29 is 29.3 Å². The van der Waals surface area contributed by atoms with Gasteiger partial charge in [-0.2, -0.15) is 0 Å². The van der Waals surface area contributed by atoms with Gasteiger partial charge < -0.3 is 19.7 Å². The van der Waals surface area contributed by atoms with E-state index in [1.54, 1.807) is 24.3 Å². The zero-order valence-corrected chi connectivity index (χ0v) is 12.3. The Kier molecular flexibility index (Phi) is 5.57. The van der Waals surface area contributed by atoms with Crippen molar-refractivity contribution in [3.05, 3.63) is 59.7 Å². The van der Waals surface area contributed by atoms with Crippen molar-refractivity contribution >= 4 is 11.9 Å². The fourth-order valence-corrected chi connectivity index (χ4v) is 1.83. The lowest BCUT2D eigenvalue weighted by atomic mass is 10.2. The standard InChI is InChI=1S/C17H16O6/c18-16(19)12-2-6-14(7-3-12)22-10-1-11-23-15-8-4-13(5-9-15)17(20)21/h2-9H,1,10-11H2,(H,18,19)(H,20,21). The lowest BCUT2D eigenvalue weighted by Crippen LogP contribution is -2.05. The summed E-state index contributed by atoms with van der Waals surface area (Å²) >= 11 is 0. The van der Waals surface area contributed by atoms with Gasteiger partial charge in [-0.25, -0.2) is 9.59 Å². The van der Waals surface area contributed by atoms with Crippen molar-refractivity contribution in [2.75, 3.05) is 13.2 Å². The Labute approximate surface area is 132 Å². The van der Waals surface area contributed by atoms with Gasteiger partial charge in [0.2, 0.25) is 0 Å². The highest BCUT2D eigenvalue weighted by Gasteiger charge is 2.03. The topological polar surface area (TPSA) is 93.1 Å². The molecule has 23 heavy (non-hydrogen) atoms. The third-order valence-corrected chi connectivity index (χ3v) is 3.03. The molecular weight excluding hydrogens is 300 g/mol. The maximum atomic E-state index is 10.7. The van der Waals surface area contributed by atoms with Crippen molar-refractivity contribution in [2.45, 2.75) is 6.42 Å². The summed E-state index contributed by atoms with van der Waals surface area (Å²) in [5.41, 5.74) is 0.427. The average Bonchev–Trinajstić information content (AvgIpc) is 2.55. The summed E-state index contributed by atoms with van der Waals surface area (Å²) < 4.78 is 11.0. The highest BCUT2D eigenvalue weighted by molar-refractivity contribution is 5.88. The monoisotopic (exact) mass is 316 g/mol. The van der Waals surface area contributed by atoms with E-state index in [1.165, 1.54) is 24.3 Å². The number of carbonyl (C=O) groups is 2. The second kappa shape index (κ2) is 7.84. The molecule has 0 fully saturated rings. The summed E-state index contributed by atoms with van der Waals surface area (Å²) in [5, 5.41) is 17.6. The van der Waals surface area contributed by atoms with E-state index >= 15 is 0 Å². The molecule has 0 unspecified atom stereocenters. The van der Waals surface area contributed by atoms with Crippen LogP contribution in [0.1, 0.15) is 27.1 Å². The molecule has 2 N–H and O–H groups in total. The molecule has 0 aliphatic heterocycles. The van der Waals surface area contributed by atoms with Crippen molar-refractivity contribution in [1.82, 2.24) is 0 Å². The van der Waals surface area contributed by atoms with Gasteiger partial charge in [0.05, 0.1) is 24.3 Å². The predicted molar refractivity (Wildman–Crippen MR) is 82.4 cm³/mol. The van der Waals surface area contributed by atoms with E-state index in [1.807, 2.05) is 0 Å². The molecule has 0 aromatic heterocycles. The Balaban J connectivity index is 1.69. The first-order valence-corrected chi connectivity index (χ1v) is 6.98. The lowest BCUT2D eigenvalue weighted by Gasteiger charge is -2.08. The van der Waals surface area contributed by atoms with E-state index in [-0.39, 0.29) is 11.1 Å². The van der Waals surface area contributed by atoms with Gasteiger partial charge in [0.1, 0.15) is 11.5 Å². The Hall–Kier alpha value is -3.02. The smallest absolute Gasteiger partial charge is 0.335 e. The zero-order valence-electron chi connectivity index (χ0n) is 12.3. The minimum Gasteiger partial charge on any atom is -0.493 e. The summed E-state index contributed by atoms with van der Waals surface area (Å²) in [5.74, 6) is -0.751. The number of benzene rings is 2. The fraction of sp³-hybridized carbons (Fsp3) is 0.176. The van der Waals surface area contributed by atoms with Gasteiger partial charge in [0.25, 0.3) is 0 Å². The number of carboxylic acids is 2. The van der Waals surface area contributed by atoms with Crippen LogP contribution in [0.5, 0.6) is 11.5 Å². The molecule has 0 atom stereocenters. The van der Waals surface area contributed by atoms with Gasteiger partial charge in [-0.1, -0.05) is 0 Å². The molecule has 0 saturated heterocycles. The molecule has 0 amide bonds. The van der Waals surface area contributed by atoms with E-state index in [0.717, 1.165) is 0 Å². The second-order valence-corrected chi connectivity index (χ2v) is 4.71. The lowest BCUT2D eigenvalue weighted by molar-refractivity contribution is 0.0686. The van der Waals surface area contributed by atoms with Crippen LogP contribution < -0.4 is 9.47 Å². The second-order valence-electron chi connectivity index (χ2n) is 4.71. The molecule has 0 spiro atoms. The highest BCUT2D eigenvalue weighted by atomic mass is 16.5. The summed E-state index contributed by atoms with van der Waals surface area (Å²) in [4.78, 5) is 21.4. The van der Waals surface area contributed by atoms with E-state index in [0.29, 0.717) is 31.1 Å². The minimum atomic E-state index is -0.973. The molecule has 120 valence electrons. The zero-order chi connectivity index (χ0) is 16.7. The van der Waals surface area contributed by atoms with Crippen LogP contribution in [0.25, 0.3) is 0 Å². The first kappa shape index (κ1) is 16.4. The van der Waals surface area contributed by atoms with E-state index in [2.05, 4.69) is 0 Å². The number of hydrogen-bond acceptors (Lipinski definition) is 4. The van der Waals surface area contributed by atoms with Crippen LogP contribution in [0.3, 0.4) is 0 Å². The SMILES string of the molecule is O=C(O)c1ccc(OCCCOc2ccc(C(=O)O)cc2)cc1. The Morgan fingerprint density at radius 2 is 1.04 bits per heavy atom. The number of carboxylic acid groups (broad SMARTS) is 2. The van der Waals surface area contributed by atoms with Crippen LogP contribution >= 0.6 is 0 Å². The minimum absolute atomic E-state index is 0.213. The fourth-order valence-electron chi connectivity index (χ4n) is 1.83. The Bertz CT molecular complexity index is 601. The average molecular weight is 316 g/mol. The van der Waals surface area contributed by atoms with Crippen molar-refractivity contribution in [3.8, 4) is 11.5 Å². The molecule has 2 aromatic carbocycles. The molecule has 0 aliphatic carbocycles. The van der Waals surface area contributed by atoms with Gasteiger partial charge in [0.15, 0.2) is 0 Å². The van der Waals surface area contributed by atoms with Crippen LogP contribution in [0.2, 0.25) is 0 Å². The number of hydrogen-bond donors (Lipinski definition) is 2. The summed E-state index contributed by atoms with van der Waals surface area (Å²) in [6, 6.07) is 12.4. The van der Waals surface area contributed by atoms with Gasteiger partial charge in [0, 0.05) is 6.42 Å². The van der Waals surface area contributed by atoms with Crippen LogP contribution in [0, 0.1) is 0 Å². The molecule has 0 radical (unpaired) electrons. The molecule has 6 nitrogen and oxygen atoms in total. The van der Waals surface area contributed by atoms with Gasteiger partial charge in [-0.05, 0) is 48.5 Å². The Morgan fingerprint density at radius 1 is 0.696 bits per heavy atom. The summed E-state index contributed by atoms with van der Waals surface area (Å²) in [7, 11) is 0.